The monoisotopic (exact) mass is 1330 g/mol. The third kappa shape index (κ3) is 8.54. The number of rotatable bonds is 0. The average Bonchev–Trinajstić information content (AvgIpc) is 3.94. The van der Waals surface area contributed by atoms with Gasteiger partial charge in [-0.25, -0.2) is 9.13 Å². The second-order valence-corrected chi connectivity index (χ2v) is 12.4. The summed E-state index contributed by atoms with van der Waals surface area (Å²) >= 11 is 0. The van der Waals surface area contributed by atoms with Crippen LogP contribution in [0.2, 0.25) is 0 Å². The normalized spacial score (nSPS) is 15.5. The summed E-state index contributed by atoms with van der Waals surface area (Å²) in [6.07, 6.45) is 30.4. The third-order valence-electron chi connectivity index (χ3n) is 9.45. The Morgan fingerprint density at radius 3 is 1.16 bits per heavy atom. The topological polar surface area (TPSA) is 73.2 Å². The SMILES string of the molecule is [C-]1=C2C=CC3=[N+]2C24n5c1ccc5[C-]=C1C=CC(=[N+]12)[C-]=c1ccc(n14)=[C-]3.[Y].[Y].[Y].[Y].[Y].[Y].[Y].[Y].[c-]1c2nc([c-]c3ccc([c-]c4nc([c-]c5ccc1[nH]5)C=C4)[nH]3)C=C2. The molecule has 0 amide bonds. The van der Waals surface area contributed by atoms with E-state index in [2.05, 4.69) is 135 Å². The summed E-state index contributed by atoms with van der Waals surface area (Å²) in [5.74, 6) is -0.558. The van der Waals surface area contributed by atoms with Gasteiger partial charge in [-0.2, -0.15) is 72.8 Å². The first kappa shape index (κ1) is 51.7. The van der Waals surface area contributed by atoms with E-state index in [-0.39, 0.29) is 262 Å². The maximum absolute atomic E-state index is 4.50. The van der Waals surface area contributed by atoms with E-state index < -0.39 is 5.91 Å². The number of hydrogen-bond acceptors (Lipinski definition) is 2. The molecule has 57 heavy (non-hydrogen) atoms. The molecule has 8 bridgehead atoms. The van der Waals surface area contributed by atoms with Gasteiger partial charge in [0, 0.05) is 262 Å². The van der Waals surface area contributed by atoms with Crippen LogP contribution in [-0.2, 0) is 268 Å². The Kier molecular flexibility index (Phi) is 18.6. The summed E-state index contributed by atoms with van der Waals surface area (Å²) < 4.78 is 9.31. The van der Waals surface area contributed by atoms with Crippen molar-refractivity contribution in [1.29, 1.82) is 0 Å². The molecule has 5 aromatic heterocycles. The minimum absolute atomic E-state index is 0. The number of H-pyrrole nitrogens is 2. The van der Waals surface area contributed by atoms with Crippen molar-refractivity contribution in [3.8, 4) is 0 Å². The van der Waals surface area contributed by atoms with Gasteiger partial charge in [-0.1, -0.05) is 91.2 Å². The Labute approximate surface area is 530 Å². The van der Waals surface area contributed by atoms with Crippen LogP contribution in [0, 0.1) is 36.4 Å². The van der Waals surface area contributed by atoms with Crippen molar-refractivity contribution >= 4 is 69.9 Å². The molecule has 0 aromatic carbocycles. The van der Waals surface area contributed by atoms with E-state index in [1.807, 2.05) is 48.6 Å². The largest absolute Gasteiger partial charge is 0.539 e. The zero-order chi connectivity index (χ0) is 31.8. The molecule has 8 radical (unpaired) electrons. The van der Waals surface area contributed by atoms with Crippen LogP contribution < -0.4 is 10.7 Å². The van der Waals surface area contributed by atoms with Crippen LogP contribution in [0.3, 0.4) is 0 Å². The van der Waals surface area contributed by atoms with E-state index in [0.29, 0.717) is 0 Å². The first-order valence-electron chi connectivity index (χ1n) is 15.9. The van der Waals surface area contributed by atoms with Crippen LogP contribution in [0.4, 0.5) is 0 Å². The average molecular weight is 1330 g/mol. The predicted molar refractivity (Wildman–Crippen MR) is 183 cm³/mol. The van der Waals surface area contributed by atoms with Crippen molar-refractivity contribution in [3.05, 3.63) is 166 Å². The molecule has 0 saturated carbocycles. The molecule has 16 heteroatoms. The van der Waals surface area contributed by atoms with Crippen molar-refractivity contribution in [2.75, 3.05) is 0 Å². The molecule has 0 aliphatic carbocycles. The van der Waals surface area contributed by atoms with Crippen molar-refractivity contribution in [2.24, 2.45) is 0 Å². The van der Waals surface area contributed by atoms with Gasteiger partial charge in [-0.15, -0.1) is 57.7 Å². The number of nitrogens with zero attached hydrogens (tertiary/aromatic N) is 6. The standard InChI is InChI=1S/C21H8N4.C20H10N4.8Y/c1-2-14-10-16-5-6-18-12-20-8-7-19-11-17-4-3-15-9-13(1)22(14)21(23(15)17,24(16)18)25(19)20;1-2-14-10-16-5-6-18(23-16)12-20-8-7-19(24-20)11-17-4-3-15(22-17)9-13(1)21-14;;;;;;;;/h1-8H;1-8,21,24H;;;;;;;;/q-2;-4;;;;;;;;. The molecule has 0 fully saturated rings. The van der Waals surface area contributed by atoms with Crippen LogP contribution >= 0.6 is 0 Å². The van der Waals surface area contributed by atoms with Crippen LogP contribution in [0.15, 0.2) is 84.2 Å². The zero-order valence-corrected chi connectivity index (χ0v) is 52.7. The summed E-state index contributed by atoms with van der Waals surface area (Å²) in [4.78, 5) is 15.5. The molecule has 0 saturated heterocycles. The number of allylic oxidation sites excluding steroid dienone is 4. The van der Waals surface area contributed by atoms with Gasteiger partial charge < -0.3 is 19.9 Å². The van der Waals surface area contributed by atoms with Gasteiger partial charge in [0.2, 0.25) is 0 Å². The van der Waals surface area contributed by atoms with Gasteiger partial charge in [0.1, 0.15) is 0 Å². The molecular formula is C41H18N8Y8-6. The molecule has 5 aromatic rings. The van der Waals surface area contributed by atoms with Crippen LogP contribution in [-0.4, -0.2) is 49.6 Å². The molecule has 13 rings (SSSR count). The maximum atomic E-state index is 4.50. The summed E-state index contributed by atoms with van der Waals surface area (Å²) in [6, 6.07) is 29.3. The van der Waals surface area contributed by atoms with Gasteiger partial charge in [-0.05, 0) is 0 Å². The molecule has 0 atom stereocenters. The van der Waals surface area contributed by atoms with Crippen LogP contribution in [0.5, 0.6) is 0 Å². The van der Waals surface area contributed by atoms with Crippen LogP contribution in [0.1, 0.15) is 34.2 Å². The Morgan fingerprint density at radius 1 is 0.421 bits per heavy atom. The molecule has 0 unspecified atom stereocenters. The second-order valence-electron chi connectivity index (χ2n) is 12.4. The van der Waals surface area contributed by atoms with Crippen molar-refractivity contribution < 1.29 is 271 Å². The number of aromatic amines is 2. The molecular weight excluding hydrogens is 1320 g/mol. The van der Waals surface area contributed by atoms with E-state index in [1.165, 1.54) is 0 Å². The summed E-state index contributed by atoms with van der Waals surface area (Å²) in [5, 5.41) is 2.14. The minimum atomic E-state index is -0.558. The van der Waals surface area contributed by atoms with Gasteiger partial charge in [0.25, 0.3) is 0 Å². The molecule has 8 aliphatic heterocycles. The predicted octanol–water partition coefficient (Wildman–Crippen LogP) is 3.73. The Morgan fingerprint density at radius 2 is 0.789 bits per heavy atom. The summed E-state index contributed by atoms with van der Waals surface area (Å²) in [5.41, 5.74) is 12.8. The second kappa shape index (κ2) is 20.5. The van der Waals surface area contributed by atoms with Gasteiger partial charge in [0.05, 0.1) is 22.8 Å². The van der Waals surface area contributed by atoms with Crippen molar-refractivity contribution in [1.82, 2.24) is 29.1 Å². The molecule has 13 heterocycles. The van der Waals surface area contributed by atoms with Gasteiger partial charge in [0.15, 0.2) is 0 Å². The number of nitrogens with one attached hydrogen (secondary N) is 2. The summed E-state index contributed by atoms with van der Waals surface area (Å²) in [7, 11) is 0. The molecule has 8 aliphatic rings. The summed E-state index contributed by atoms with van der Waals surface area (Å²) in [6.45, 7) is 0. The molecule has 252 valence electrons. The van der Waals surface area contributed by atoms with E-state index in [4.69, 9.17) is 0 Å². The van der Waals surface area contributed by atoms with Crippen molar-refractivity contribution in [3.63, 3.8) is 0 Å². The van der Waals surface area contributed by atoms with Crippen LogP contribution in [0.25, 0.3) is 58.5 Å². The zero-order valence-electron chi connectivity index (χ0n) is 30.0. The Bertz CT molecular complexity index is 2740. The fourth-order valence-corrected chi connectivity index (χ4v) is 7.58. The third-order valence-corrected chi connectivity index (χ3v) is 9.45. The Balaban J connectivity index is 0.000000222. The molecule has 1 spiro atoms. The fourth-order valence-electron chi connectivity index (χ4n) is 7.58. The fraction of sp³-hybridized carbons (Fsp3) is 0.0244. The van der Waals surface area contributed by atoms with E-state index in [0.717, 1.165) is 89.7 Å². The number of fused-ring (bicyclic) bond motifs is 8. The quantitative estimate of drug-likeness (QED) is 0.180. The first-order chi connectivity index (χ1) is 24.2. The van der Waals surface area contributed by atoms with Crippen molar-refractivity contribution in [2.45, 2.75) is 5.91 Å². The van der Waals surface area contributed by atoms with E-state index >= 15 is 0 Å². The minimum Gasteiger partial charge on any atom is -0.403 e. The van der Waals surface area contributed by atoms with Gasteiger partial charge >= 0.3 is 5.91 Å². The van der Waals surface area contributed by atoms with E-state index in [1.54, 1.807) is 0 Å². The maximum Gasteiger partial charge on any atom is 0.539 e. The Hall–Kier alpha value is 2.03. The van der Waals surface area contributed by atoms with E-state index in [9.17, 15) is 0 Å². The first-order valence-corrected chi connectivity index (χ1v) is 15.9. The van der Waals surface area contributed by atoms with Gasteiger partial charge in [-0.3, -0.25) is 0 Å². The molecule has 8 nitrogen and oxygen atoms in total. The smallest absolute Gasteiger partial charge is 0.403 e. The number of hydrogen-bond donors (Lipinski definition) is 2. The molecule has 2 N–H and O–H groups in total. The number of aromatic nitrogens is 6.